The summed E-state index contributed by atoms with van der Waals surface area (Å²) in [5.41, 5.74) is 6.34. The summed E-state index contributed by atoms with van der Waals surface area (Å²) in [5.74, 6) is 0.212. The molecular weight excluding hydrogens is 360 g/mol. The molecule has 0 spiro atoms. The number of hydrazone groups is 2. The van der Waals surface area contributed by atoms with Gasteiger partial charge in [0.05, 0.1) is 18.5 Å². The zero-order valence-electron chi connectivity index (χ0n) is 12.1. The Hall–Kier alpha value is -0.671. The van der Waals surface area contributed by atoms with Gasteiger partial charge in [-0.05, 0) is 17.8 Å². The van der Waals surface area contributed by atoms with Crippen molar-refractivity contribution in [2.75, 3.05) is 33.6 Å². The second-order valence-corrected chi connectivity index (χ2v) is 5.02. The van der Waals surface area contributed by atoms with E-state index in [1.54, 1.807) is 20.3 Å². The summed E-state index contributed by atoms with van der Waals surface area (Å²) in [6.45, 7) is 1.37. The van der Waals surface area contributed by atoms with Crippen LogP contribution in [0.15, 0.2) is 20.2 Å². The Balaban J connectivity index is 0.00000400. The van der Waals surface area contributed by atoms with Crippen LogP contribution >= 0.6 is 11.8 Å². The monoisotopic (exact) mass is 378 g/mol. The van der Waals surface area contributed by atoms with E-state index in [-0.39, 0.29) is 23.0 Å². The molecule has 0 aromatic carbocycles. The minimum atomic E-state index is 0. The Labute approximate surface area is 145 Å². The molecule has 0 saturated carbocycles. The van der Waals surface area contributed by atoms with E-state index in [4.69, 9.17) is 17.4 Å². The molecule has 122 valence electrons. The zero-order valence-corrected chi connectivity index (χ0v) is 14.7. The number of amidine groups is 2. The van der Waals surface area contributed by atoms with Crippen LogP contribution in [0.1, 0.15) is 6.42 Å². The number of hydrogen-bond acceptors (Lipinski definition) is 7. The molecule has 0 radical (unpaired) electrons. The van der Waals surface area contributed by atoms with E-state index < -0.39 is 0 Å². The number of thioether (sulfide) groups is 1. The summed E-state index contributed by atoms with van der Waals surface area (Å²) in [5, 5.41) is 9.44. The van der Waals surface area contributed by atoms with Crippen molar-refractivity contribution in [2.45, 2.75) is 6.42 Å². The van der Waals surface area contributed by atoms with E-state index >= 15 is 0 Å². The van der Waals surface area contributed by atoms with Gasteiger partial charge in [0, 0.05) is 26.6 Å². The van der Waals surface area contributed by atoms with Gasteiger partial charge >= 0.3 is 17.1 Å². The molecule has 0 aliphatic carbocycles. The van der Waals surface area contributed by atoms with Crippen LogP contribution in [-0.2, 0) is 34.4 Å². The summed E-state index contributed by atoms with van der Waals surface area (Å²) in [7, 11) is 3.32. The maximum Gasteiger partial charge on any atom is 1.00 e. The van der Waals surface area contributed by atoms with E-state index in [1.807, 2.05) is 6.26 Å². The molecule has 10 heteroatoms. The van der Waals surface area contributed by atoms with Gasteiger partial charge in [-0.25, -0.2) is 0 Å². The molecule has 1 aliphatic heterocycles. The second kappa shape index (κ2) is 11.9. The molecule has 0 aromatic heterocycles. The number of rotatable bonds is 4. The summed E-state index contributed by atoms with van der Waals surface area (Å²) < 4.78 is 5.37. The largest absolute Gasteiger partial charge is 1.00 e. The van der Waals surface area contributed by atoms with Crippen molar-refractivity contribution in [3.63, 3.8) is 0 Å². The molecule has 1 aliphatic rings. The fourth-order valence-electron chi connectivity index (χ4n) is 1.50. The Kier molecular flexibility index (Phi) is 11.6. The van der Waals surface area contributed by atoms with Gasteiger partial charge in [-0.1, -0.05) is 11.8 Å². The normalized spacial score (nSPS) is 20.5. The Morgan fingerprint density at radius 2 is 2.10 bits per heavy atom. The maximum atomic E-state index is 5.37. The molecule has 1 heterocycles. The third-order valence-corrected chi connectivity index (χ3v) is 3.52. The Bertz CT molecular complexity index is 421. The van der Waals surface area contributed by atoms with Crippen LogP contribution in [-0.4, -0.2) is 55.8 Å². The number of ether oxygens (including phenoxy) is 1. The van der Waals surface area contributed by atoms with Crippen LogP contribution in [0.3, 0.4) is 0 Å². The fraction of sp³-hybridized carbons (Fsp3) is 0.636. The van der Waals surface area contributed by atoms with Crippen LogP contribution in [0.5, 0.6) is 0 Å². The molecule has 0 bridgehead atoms. The number of nitrogens with one attached hydrogen (secondary N) is 2. The average Bonchev–Trinajstić information content (AvgIpc) is 3.00. The first kappa shape index (κ1) is 20.3. The third-order valence-electron chi connectivity index (χ3n) is 2.59. The van der Waals surface area contributed by atoms with E-state index in [0.717, 1.165) is 23.9 Å². The maximum absolute atomic E-state index is 5.37. The number of nitrogens with zero attached hydrogens (tertiary/aromatic N) is 4. The van der Waals surface area contributed by atoms with Gasteiger partial charge in [0.2, 0.25) is 0 Å². The van der Waals surface area contributed by atoms with Crippen LogP contribution in [0.2, 0.25) is 0 Å². The first-order valence-electron chi connectivity index (χ1n) is 6.06. The van der Waals surface area contributed by atoms with Crippen molar-refractivity contribution in [1.29, 1.82) is 0 Å². The predicted molar refractivity (Wildman–Crippen MR) is 88.7 cm³/mol. The molecule has 21 heavy (non-hydrogen) atoms. The topological polar surface area (TPSA) is 82.7 Å². The van der Waals surface area contributed by atoms with Gasteiger partial charge in [0.15, 0.2) is 5.17 Å². The van der Waals surface area contributed by atoms with Gasteiger partial charge in [0.1, 0.15) is 0 Å². The zero-order chi connectivity index (χ0) is 14.8. The van der Waals surface area contributed by atoms with Crippen molar-refractivity contribution >= 4 is 46.7 Å². The molecular formula is C11H19CuN6OS2. The Morgan fingerprint density at radius 3 is 2.62 bits per heavy atom. The van der Waals surface area contributed by atoms with Crippen LogP contribution in [0.25, 0.3) is 0 Å². The van der Waals surface area contributed by atoms with Gasteiger partial charge in [-0.15, -0.1) is 0 Å². The first-order valence-corrected chi connectivity index (χ1v) is 7.69. The molecule has 0 amide bonds. The molecule has 1 unspecified atom stereocenters. The van der Waals surface area contributed by atoms with Crippen molar-refractivity contribution in [2.24, 2.45) is 26.1 Å². The quantitative estimate of drug-likeness (QED) is 0.243. The van der Waals surface area contributed by atoms with Crippen molar-refractivity contribution < 1.29 is 21.8 Å². The van der Waals surface area contributed by atoms with Crippen LogP contribution in [0.4, 0.5) is 0 Å². The molecule has 2 N–H and O–H groups in total. The van der Waals surface area contributed by atoms with Gasteiger partial charge in [0.25, 0.3) is 0 Å². The number of aliphatic imine (C=N–C) groups is 2. The van der Waals surface area contributed by atoms with Gasteiger partial charge in [-0.3, -0.25) is 20.8 Å². The van der Waals surface area contributed by atoms with Crippen molar-refractivity contribution in [3.8, 4) is 0 Å². The SMILES string of the molecule is CN=C([S-])N/N=C(/C=N/NC(=NC)SC)C1CCOC1.[Cu+]. The molecule has 1 saturated heterocycles. The summed E-state index contributed by atoms with van der Waals surface area (Å²) in [6, 6.07) is 0. The summed E-state index contributed by atoms with van der Waals surface area (Å²) in [6.07, 6.45) is 4.50. The van der Waals surface area contributed by atoms with Crippen molar-refractivity contribution in [1.82, 2.24) is 10.9 Å². The van der Waals surface area contributed by atoms with Crippen LogP contribution < -0.4 is 10.9 Å². The minimum Gasteiger partial charge on any atom is -0.741 e. The van der Waals surface area contributed by atoms with Crippen LogP contribution in [0, 0.1) is 5.92 Å². The van der Waals surface area contributed by atoms with E-state index in [0.29, 0.717) is 11.8 Å². The van der Waals surface area contributed by atoms with Gasteiger partial charge < -0.3 is 17.4 Å². The standard InChI is InChI=1S/C11H20N6OS2.Cu/c1-12-10(19)16-15-9(8-4-5-18-7-8)6-14-17-11(13-2)20-3;/h6,8H,4-5,7H2,1-3H3,(H,13,17)(H2,12,16,19);/q;+1/p-1/b14-6+,15-9-;. The fourth-order valence-corrected chi connectivity index (χ4v) is 1.87. The third kappa shape index (κ3) is 7.77. The summed E-state index contributed by atoms with van der Waals surface area (Å²) >= 11 is 6.43. The van der Waals surface area contributed by atoms with E-state index in [1.165, 1.54) is 11.8 Å². The summed E-state index contributed by atoms with van der Waals surface area (Å²) in [4.78, 5) is 7.85. The second-order valence-electron chi connectivity index (χ2n) is 3.84. The molecule has 1 atom stereocenters. The molecule has 0 aromatic rings. The minimum absolute atomic E-state index is 0. The van der Waals surface area contributed by atoms with Crippen molar-refractivity contribution in [3.05, 3.63) is 0 Å². The molecule has 1 fully saturated rings. The molecule has 1 rings (SSSR count). The Morgan fingerprint density at radius 1 is 1.33 bits per heavy atom. The first-order chi connectivity index (χ1) is 9.71. The molecule has 7 nitrogen and oxygen atoms in total. The predicted octanol–water partition coefficient (Wildman–Crippen LogP) is 0.423. The smallest absolute Gasteiger partial charge is 0.741 e. The van der Waals surface area contributed by atoms with Gasteiger partial charge in [-0.2, -0.15) is 10.2 Å². The number of hydrogen-bond donors (Lipinski definition) is 2. The average molecular weight is 379 g/mol. The van der Waals surface area contributed by atoms with E-state index in [9.17, 15) is 0 Å². The van der Waals surface area contributed by atoms with E-state index in [2.05, 4.69) is 31.0 Å².